The number of nitrogens with zero attached hydrogens (tertiary/aromatic N) is 1. The van der Waals surface area contributed by atoms with Crippen LogP contribution in [0, 0.1) is 0 Å². The maximum atomic E-state index is 3.34. The number of rotatable bonds is 6. The molecule has 1 aromatic carbocycles. The third-order valence-corrected chi connectivity index (χ3v) is 3.23. The van der Waals surface area contributed by atoms with Gasteiger partial charge in [-0.05, 0) is 51.5 Å². The van der Waals surface area contributed by atoms with Gasteiger partial charge in [-0.2, -0.15) is 0 Å². The molecule has 0 saturated carbocycles. The van der Waals surface area contributed by atoms with Crippen molar-refractivity contribution in [2.24, 2.45) is 0 Å². The molecule has 1 heterocycles. The Morgan fingerprint density at radius 2 is 1.88 bits per heavy atom. The van der Waals surface area contributed by atoms with Gasteiger partial charge >= 0.3 is 0 Å². The third kappa shape index (κ3) is 3.34. The van der Waals surface area contributed by atoms with Crippen LogP contribution in [0.5, 0.6) is 0 Å². The van der Waals surface area contributed by atoms with Crippen molar-refractivity contribution in [2.75, 3.05) is 20.6 Å². The van der Waals surface area contributed by atoms with Crippen molar-refractivity contribution in [3.8, 4) is 0 Å². The van der Waals surface area contributed by atoms with Crippen LogP contribution in [0.15, 0.2) is 30.5 Å². The number of nitrogens with one attached hydrogen (secondary N) is 1. The van der Waals surface area contributed by atoms with Gasteiger partial charge in [-0.25, -0.2) is 0 Å². The summed E-state index contributed by atoms with van der Waals surface area (Å²) >= 11 is 0. The largest absolute Gasteiger partial charge is 0.361 e. The summed E-state index contributed by atoms with van der Waals surface area (Å²) in [5.74, 6) is 0. The van der Waals surface area contributed by atoms with E-state index < -0.39 is 0 Å². The highest BCUT2D eigenvalue weighted by Gasteiger charge is 2.02. The summed E-state index contributed by atoms with van der Waals surface area (Å²) < 4.78 is 0. The maximum Gasteiger partial charge on any atom is 0.0456 e. The van der Waals surface area contributed by atoms with E-state index in [2.05, 4.69) is 54.4 Å². The number of aromatic nitrogens is 1. The molecule has 0 aliphatic rings. The molecule has 1 N–H and O–H groups in total. The second-order valence-corrected chi connectivity index (χ2v) is 4.97. The monoisotopic (exact) mass is 230 g/mol. The molecule has 1 aromatic heterocycles. The van der Waals surface area contributed by atoms with Crippen LogP contribution in [0.1, 0.15) is 24.8 Å². The van der Waals surface area contributed by atoms with Crippen molar-refractivity contribution in [1.29, 1.82) is 0 Å². The molecule has 0 amide bonds. The molecule has 17 heavy (non-hydrogen) atoms. The zero-order chi connectivity index (χ0) is 12.1. The number of hydrogen-bond acceptors (Lipinski definition) is 1. The van der Waals surface area contributed by atoms with E-state index in [1.54, 1.807) is 0 Å². The van der Waals surface area contributed by atoms with Gasteiger partial charge in [-0.15, -0.1) is 0 Å². The van der Waals surface area contributed by atoms with Gasteiger partial charge in [0.15, 0.2) is 0 Å². The average molecular weight is 230 g/mol. The number of fused-ring (bicyclic) bond motifs is 1. The Hall–Kier alpha value is -1.28. The molecular formula is C15H22N2. The van der Waals surface area contributed by atoms with Crippen LogP contribution in [0.3, 0.4) is 0 Å². The number of aromatic amines is 1. The van der Waals surface area contributed by atoms with Crippen LogP contribution in [0.25, 0.3) is 10.9 Å². The molecular weight excluding hydrogens is 208 g/mol. The Morgan fingerprint density at radius 1 is 1.06 bits per heavy atom. The van der Waals surface area contributed by atoms with Gasteiger partial charge in [0.1, 0.15) is 0 Å². The Kier molecular flexibility index (Phi) is 4.21. The molecule has 0 atom stereocenters. The van der Waals surface area contributed by atoms with Crippen molar-refractivity contribution in [3.05, 3.63) is 36.0 Å². The Labute approximate surface area is 104 Å². The predicted octanol–water partition coefficient (Wildman–Crippen LogP) is 3.44. The first-order valence-corrected chi connectivity index (χ1v) is 6.47. The number of benzene rings is 1. The molecule has 0 aliphatic heterocycles. The molecule has 0 radical (unpaired) electrons. The summed E-state index contributed by atoms with van der Waals surface area (Å²) in [5, 5.41) is 1.39. The van der Waals surface area contributed by atoms with Crippen LogP contribution in [0.2, 0.25) is 0 Å². The van der Waals surface area contributed by atoms with Crippen LogP contribution >= 0.6 is 0 Å². The minimum atomic E-state index is 1.19. The first-order valence-electron chi connectivity index (χ1n) is 6.47. The lowest BCUT2D eigenvalue weighted by molar-refractivity contribution is 0.392. The van der Waals surface area contributed by atoms with E-state index in [9.17, 15) is 0 Å². The summed E-state index contributed by atoms with van der Waals surface area (Å²) in [6.07, 6.45) is 7.26. The van der Waals surface area contributed by atoms with E-state index in [0.717, 1.165) is 0 Å². The minimum Gasteiger partial charge on any atom is -0.361 e. The quantitative estimate of drug-likeness (QED) is 0.753. The minimum absolute atomic E-state index is 1.19. The maximum absolute atomic E-state index is 3.34. The van der Waals surface area contributed by atoms with Gasteiger partial charge in [0.05, 0.1) is 0 Å². The molecule has 0 spiro atoms. The fraction of sp³-hybridized carbons (Fsp3) is 0.467. The van der Waals surface area contributed by atoms with E-state index in [1.165, 1.54) is 48.7 Å². The van der Waals surface area contributed by atoms with E-state index in [0.29, 0.717) is 0 Å². The second kappa shape index (κ2) is 5.87. The number of para-hydroxylation sites is 1. The van der Waals surface area contributed by atoms with Crippen molar-refractivity contribution in [2.45, 2.75) is 25.7 Å². The molecule has 2 rings (SSSR count). The van der Waals surface area contributed by atoms with Crippen LogP contribution < -0.4 is 0 Å². The first kappa shape index (κ1) is 12.2. The highest BCUT2D eigenvalue weighted by Crippen LogP contribution is 2.19. The van der Waals surface area contributed by atoms with Gasteiger partial charge in [-0.3, -0.25) is 0 Å². The Balaban J connectivity index is 1.83. The van der Waals surface area contributed by atoms with Gasteiger partial charge in [0.2, 0.25) is 0 Å². The normalized spacial score (nSPS) is 11.5. The lowest BCUT2D eigenvalue weighted by Crippen LogP contribution is -2.12. The second-order valence-electron chi connectivity index (χ2n) is 4.97. The van der Waals surface area contributed by atoms with E-state index in [1.807, 2.05) is 0 Å². The highest BCUT2D eigenvalue weighted by molar-refractivity contribution is 5.82. The van der Waals surface area contributed by atoms with Gasteiger partial charge in [0.25, 0.3) is 0 Å². The van der Waals surface area contributed by atoms with E-state index in [-0.39, 0.29) is 0 Å². The topological polar surface area (TPSA) is 19.0 Å². The number of aryl methyl sites for hydroxylation is 1. The molecule has 0 unspecified atom stereocenters. The lowest BCUT2D eigenvalue weighted by atomic mass is 10.1. The van der Waals surface area contributed by atoms with Crippen molar-refractivity contribution in [1.82, 2.24) is 9.88 Å². The van der Waals surface area contributed by atoms with Gasteiger partial charge < -0.3 is 9.88 Å². The molecule has 2 heteroatoms. The van der Waals surface area contributed by atoms with Crippen molar-refractivity contribution >= 4 is 10.9 Å². The fourth-order valence-electron chi connectivity index (χ4n) is 2.26. The van der Waals surface area contributed by atoms with Crippen LogP contribution in [-0.4, -0.2) is 30.5 Å². The number of unbranched alkanes of at least 4 members (excludes halogenated alkanes) is 2. The fourth-order valence-corrected chi connectivity index (χ4v) is 2.26. The standard InChI is InChI=1S/C15H22N2/c1-17(2)11-7-3-4-8-13-12-16-15-10-6-5-9-14(13)15/h5-6,9-10,12,16H,3-4,7-8,11H2,1-2H3. The summed E-state index contributed by atoms with van der Waals surface area (Å²) in [6, 6.07) is 8.55. The smallest absolute Gasteiger partial charge is 0.0456 e. The van der Waals surface area contributed by atoms with Crippen LogP contribution in [-0.2, 0) is 6.42 Å². The Bertz CT molecular complexity index is 457. The molecule has 0 aliphatic carbocycles. The van der Waals surface area contributed by atoms with E-state index >= 15 is 0 Å². The van der Waals surface area contributed by atoms with E-state index in [4.69, 9.17) is 0 Å². The molecule has 2 nitrogen and oxygen atoms in total. The predicted molar refractivity (Wildman–Crippen MR) is 74.4 cm³/mol. The molecule has 0 fully saturated rings. The Morgan fingerprint density at radius 3 is 2.71 bits per heavy atom. The summed E-state index contributed by atoms with van der Waals surface area (Å²) in [7, 11) is 4.28. The number of H-pyrrole nitrogens is 1. The van der Waals surface area contributed by atoms with Gasteiger partial charge in [0, 0.05) is 17.1 Å². The summed E-state index contributed by atoms with van der Waals surface area (Å²) in [4.78, 5) is 5.59. The van der Waals surface area contributed by atoms with Crippen molar-refractivity contribution in [3.63, 3.8) is 0 Å². The SMILES string of the molecule is CN(C)CCCCCc1c[nH]c2ccccc12. The summed E-state index contributed by atoms with van der Waals surface area (Å²) in [5.41, 5.74) is 2.72. The zero-order valence-corrected chi connectivity index (χ0v) is 10.9. The lowest BCUT2D eigenvalue weighted by Gasteiger charge is -2.08. The number of hydrogen-bond donors (Lipinski definition) is 1. The van der Waals surface area contributed by atoms with Crippen molar-refractivity contribution < 1.29 is 0 Å². The molecule has 2 aromatic rings. The van der Waals surface area contributed by atoms with Crippen LogP contribution in [0.4, 0.5) is 0 Å². The molecule has 0 saturated heterocycles. The molecule has 92 valence electrons. The molecule has 0 bridgehead atoms. The third-order valence-electron chi connectivity index (χ3n) is 3.23. The van der Waals surface area contributed by atoms with Gasteiger partial charge in [-0.1, -0.05) is 24.6 Å². The highest BCUT2D eigenvalue weighted by atomic mass is 15.0. The average Bonchev–Trinajstić information content (AvgIpc) is 2.72. The zero-order valence-electron chi connectivity index (χ0n) is 10.9. The first-order chi connectivity index (χ1) is 8.27. The summed E-state index contributed by atoms with van der Waals surface area (Å²) in [6.45, 7) is 1.20.